The van der Waals surface area contributed by atoms with Gasteiger partial charge in [0.25, 0.3) is 0 Å². The molecule has 0 saturated heterocycles. The van der Waals surface area contributed by atoms with E-state index in [0.29, 0.717) is 37.3 Å². The minimum atomic E-state index is -0.217. The van der Waals surface area contributed by atoms with E-state index < -0.39 is 0 Å². The Bertz CT molecular complexity index is 1070. The zero-order chi connectivity index (χ0) is 19.8. The third-order valence-electron chi connectivity index (χ3n) is 4.80. The van der Waals surface area contributed by atoms with E-state index in [1.165, 1.54) is 6.07 Å². The average Bonchev–Trinajstić information content (AvgIpc) is 3.09. The standard InChI is InChI=1S/C20H16ClIN2O4/c21-14-8-12(17(25)9-18(14)26)20-13-10-24(6-5-16(13)23-28-20)19(27)7-11-3-1-2-4-15(11)22/h1-4,8-9,25-26H,5-7,10H2. The maximum absolute atomic E-state index is 12.8. The first-order chi connectivity index (χ1) is 13.4. The zero-order valence-corrected chi connectivity index (χ0v) is 17.6. The molecule has 0 atom stereocenters. The Hall–Kier alpha value is -2.26. The van der Waals surface area contributed by atoms with E-state index in [1.54, 1.807) is 4.90 Å². The molecule has 1 amide bonds. The molecule has 0 saturated carbocycles. The van der Waals surface area contributed by atoms with Crippen LogP contribution in [-0.2, 0) is 24.2 Å². The Labute approximate surface area is 179 Å². The van der Waals surface area contributed by atoms with Crippen molar-refractivity contribution in [2.45, 2.75) is 19.4 Å². The summed E-state index contributed by atoms with van der Waals surface area (Å²) in [6.07, 6.45) is 0.897. The maximum atomic E-state index is 12.8. The summed E-state index contributed by atoms with van der Waals surface area (Å²) >= 11 is 8.21. The van der Waals surface area contributed by atoms with Gasteiger partial charge in [0.1, 0.15) is 11.5 Å². The van der Waals surface area contributed by atoms with Crippen molar-refractivity contribution >= 4 is 40.1 Å². The molecule has 6 nitrogen and oxygen atoms in total. The second kappa shape index (κ2) is 7.63. The lowest BCUT2D eigenvalue weighted by atomic mass is 10.00. The molecular formula is C20H16ClIN2O4. The van der Waals surface area contributed by atoms with Gasteiger partial charge in [0.15, 0.2) is 5.76 Å². The molecule has 144 valence electrons. The molecule has 28 heavy (non-hydrogen) atoms. The average molecular weight is 511 g/mol. The van der Waals surface area contributed by atoms with Gasteiger partial charge in [0.2, 0.25) is 5.91 Å². The number of fused-ring (bicyclic) bond motifs is 1. The number of rotatable bonds is 3. The van der Waals surface area contributed by atoms with Crippen LogP contribution in [0.25, 0.3) is 11.3 Å². The Morgan fingerprint density at radius 2 is 2.04 bits per heavy atom. The number of amides is 1. The van der Waals surface area contributed by atoms with Crippen molar-refractivity contribution in [1.82, 2.24) is 10.1 Å². The highest BCUT2D eigenvalue weighted by atomic mass is 127. The second-order valence-electron chi connectivity index (χ2n) is 6.59. The number of carbonyl (C=O) groups excluding carboxylic acids is 1. The van der Waals surface area contributed by atoms with Crippen LogP contribution in [0.4, 0.5) is 0 Å². The third kappa shape index (κ3) is 3.56. The highest BCUT2D eigenvalue weighted by Crippen LogP contribution is 2.40. The van der Waals surface area contributed by atoms with Crippen LogP contribution in [-0.4, -0.2) is 32.7 Å². The summed E-state index contributed by atoms with van der Waals surface area (Å²) in [6, 6.07) is 10.4. The van der Waals surface area contributed by atoms with E-state index in [0.717, 1.165) is 26.5 Å². The van der Waals surface area contributed by atoms with Crippen molar-refractivity contribution in [3.63, 3.8) is 0 Å². The minimum Gasteiger partial charge on any atom is -0.507 e. The van der Waals surface area contributed by atoms with Crippen molar-refractivity contribution in [3.05, 3.63) is 61.8 Å². The summed E-state index contributed by atoms with van der Waals surface area (Å²) < 4.78 is 6.51. The Morgan fingerprint density at radius 1 is 1.25 bits per heavy atom. The number of aromatic nitrogens is 1. The minimum absolute atomic E-state index is 0.0230. The molecule has 2 N–H and O–H groups in total. The molecule has 0 bridgehead atoms. The molecule has 1 aliphatic heterocycles. The maximum Gasteiger partial charge on any atom is 0.227 e. The summed E-state index contributed by atoms with van der Waals surface area (Å²) in [5, 5.41) is 24.0. The molecule has 2 aromatic carbocycles. The van der Waals surface area contributed by atoms with Crippen molar-refractivity contribution in [1.29, 1.82) is 0 Å². The lowest BCUT2D eigenvalue weighted by Gasteiger charge is -2.26. The van der Waals surface area contributed by atoms with Crippen molar-refractivity contribution in [2.75, 3.05) is 6.54 Å². The van der Waals surface area contributed by atoms with E-state index in [-0.39, 0.29) is 22.4 Å². The highest BCUT2D eigenvalue weighted by molar-refractivity contribution is 14.1. The molecule has 3 aromatic rings. The van der Waals surface area contributed by atoms with Crippen LogP contribution >= 0.6 is 34.2 Å². The monoisotopic (exact) mass is 510 g/mol. The number of phenols is 2. The first-order valence-corrected chi connectivity index (χ1v) is 10.1. The Kier molecular flexibility index (Phi) is 5.20. The highest BCUT2D eigenvalue weighted by Gasteiger charge is 2.29. The normalized spacial score (nSPS) is 13.4. The van der Waals surface area contributed by atoms with Gasteiger partial charge in [-0.3, -0.25) is 4.79 Å². The molecule has 2 heterocycles. The predicted octanol–water partition coefficient (Wildman–Crippen LogP) is 4.14. The van der Waals surface area contributed by atoms with Crippen LogP contribution in [0, 0.1) is 3.57 Å². The number of benzene rings is 2. The van der Waals surface area contributed by atoms with Crippen molar-refractivity contribution in [2.24, 2.45) is 0 Å². The first-order valence-electron chi connectivity index (χ1n) is 8.64. The molecule has 0 spiro atoms. The van der Waals surface area contributed by atoms with Crippen LogP contribution in [0.2, 0.25) is 5.02 Å². The number of phenolic OH excluding ortho intramolecular Hbond substituents is 2. The Morgan fingerprint density at radius 3 is 2.82 bits per heavy atom. The summed E-state index contributed by atoms with van der Waals surface area (Å²) in [4.78, 5) is 14.6. The van der Waals surface area contributed by atoms with Gasteiger partial charge in [-0.1, -0.05) is 35.0 Å². The van der Waals surface area contributed by atoms with E-state index in [9.17, 15) is 15.0 Å². The van der Waals surface area contributed by atoms with Crippen LogP contribution in [0.15, 0.2) is 40.9 Å². The smallest absolute Gasteiger partial charge is 0.227 e. The second-order valence-corrected chi connectivity index (χ2v) is 8.16. The SMILES string of the molecule is O=C(Cc1ccccc1I)N1CCc2noc(-c3cc(Cl)c(O)cc3O)c2C1. The number of hydrogen-bond acceptors (Lipinski definition) is 5. The van der Waals surface area contributed by atoms with Gasteiger partial charge in [0, 0.05) is 28.2 Å². The van der Waals surface area contributed by atoms with Crippen LogP contribution < -0.4 is 0 Å². The van der Waals surface area contributed by atoms with Gasteiger partial charge in [-0.05, 0) is 40.3 Å². The molecule has 1 aromatic heterocycles. The molecule has 4 rings (SSSR count). The number of nitrogens with zero attached hydrogens (tertiary/aromatic N) is 2. The number of hydrogen-bond donors (Lipinski definition) is 2. The fourth-order valence-corrected chi connectivity index (χ4v) is 4.03. The van der Waals surface area contributed by atoms with E-state index in [1.807, 2.05) is 24.3 Å². The summed E-state index contributed by atoms with van der Waals surface area (Å²) in [5.41, 5.74) is 2.84. The van der Waals surface area contributed by atoms with Crippen LogP contribution in [0.3, 0.4) is 0 Å². The molecular weight excluding hydrogens is 495 g/mol. The van der Waals surface area contributed by atoms with Gasteiger partial charge in [-0.15, -0.1) is 0 Å². The van der Waals surface area contributed by atoms with E-state index >= 15 is 0 Å². The van der Waals surface area contributed by atoms with Gasteiger partial charge in [-0.2, -0.15) is 0 Å². The Balaban J connectivity index is 1.61. The lowest BCUT2D eigenvalue weighted by Crippen LogP contribution is -2.37. The molecule has 0 fully saturated rings. The van der Waals surface area contributed by atoms with Gasteiger partial charge in [0.05, 0.1) is 29.2 Å². The quantitative estimate of drug-likeness (QED) is 0.517. The summed E-state index contributed by atoms with van der Waals surface area (Å²) in [7, 11) is 0. The van der Waals surface area contributed by atoms with Gasteiger partial charge >= 0.3 is 0 Å². The van der Waals surface area contributed by atoms with E-state index in [2.05, 4.69) is 27.7 Å². The molecule has 0 unspecified atom stereocenters. The van der Waals surface area contributed by atoms with Crippen molar-refractivity contribution in [3.8, 4) is 22.8 Å². The first kappa shape index (κ1) is 19.1. The van der Waals surface area contributed by atoms with Crippen LogP contribution in [0.5, 0.6) is 11.5 Å². The number of carbonyl (C=O) groups is 1. The number of halogens is 2. The van der Waals surface area contributed by atoms with Gasteiger partial charge in [-0.25, -0.2) is 0 Å². The van der Waals surface area contributed by atoms with Gasteiger partial charge < -0.3 is 19.6 Å². The van der Waals surface area contributed by atoms with Crippen LogP contribution in [0.1, 0.15) is 16.8 Å². The molecule has 1 aliphatic rings. The molecule has 0 radical (unpaired) electrons. The predicted molar refractivity (Wildman–Crippen MR) is 112 cm³/mol. The zero-order valence-electron chi connectivity index (χ0n) is 14.7. The lowest BCUT2D eigenvalue weighted by molar-refractivity contribution is -0.131. The topological polar surface area (TPSA) is 86.8 Å². The fraction of sp³-hybridized carbons (Fsp3) is 0.200. The molecule has 0 aliphatic carbocycles. The third-order valence-corrected chi connectivity index (χ3v) is 6.15. The molecule has 8 heteroatoms. The summed E-state index contributed by atoms with van der Waals surface area (Å²) in [6.45, 7) is 0.901. The van der Waals surface area contributed by atoms with E-state index in [4.69, 9.17) is 16.1 Å². The number of aromatic hydroxyl groups is 2. The largest absolute Gasteiger partial charge is 0.507 e. The fourth-order valence-electron chi connectivity index (χ4n) is 3.29. The van der Waals surface area contributed by atoms with Crippen molar-refractivity contribution < 1.29 is 19.5 Å². The summed E-state index contributed by atoms with van der Waals surface area (Å²) in [5.74, 6) is 0.00442.